The minimum atomic E-state index is -3.64. The van der Waals surface area contributed by atoms with Crippen LogP contribution in [0.25, 0.3) is 0 Å². The molecule has 4 aromatic carbocycles. The largest absolute Gasteiger partial charge is 0.484 e. The minimum Gasteiger partial charge on any atom is -0.484 e. The van der Waals surface area contributed by atoms with E-state index >= 15 is 0 Å². The third-order valence-electron chi connectivity index (χ3n) is 5.67. The summed E-state index contributed by atoms with van der Waals surface area (Å²) in [7, 11) is -3.64. The van der Waals surface area contributed by atoms with Gasteiger partial charge >= 0.3 is 0 Å². The summed E-state index contributed by atoms with van der Waals surface area (Å²) >= 11 is 6.09. The number of halogens is 2. The van der Waals surface area contributed by atoms with Crippen LogP contribution in [0.5, 0.6) is 5.75 Å². The number of rotatable bonds is 10. The van der Waals surface area contributed by atoms with Gasteiger partial charge in [0.15, 0.2) is 12.4 Å². The highest BCUT2D eigenvalue weighted by molar-refractivity contribution is 7.92. The van der Waals surface area contributed by atoms with E-state index < -0.39 is 21.7 Å². The second-order valence-electron chi connectivity index (χ2n) is 8.61. The summed E-state index contributed by atoms with van der Waals surface area (Å²) in [5, 5.41) is 3.03. The van der Waals surface area contributed by atoms with Crippen molar-refractivity contribution in [3.8, 4) is 5.75 Å². The molecule has 0 radical (unpaired) electrons. The Morgan fingerprint density at radius 2 is 1.59 bits per heavy atom. The van der Waals surface area contributed by atoms with Crippen molar-refractivity contribution >= 4 is 44.7 Å². The normalized spacial score (nSPS) is 11.1. The van der Waals surface area contributed by atoms with E-state index in [2.05, 4.69) is 5.32 Å². The number of ketones is 1. The van der Waals surface area contributed by atoms with Gasteiger partial charge in [-0.2, -0.15) is 0 Å². The van der Waals surface area contributed by atoms with Crippen LogP contribution in [0.1, 0.15) is 21.5 Å². The highest BCUT2D eigenvalue weighted by Gasteiger charge is 2.19. The maximum atomic E-state index is 13.2. The Morgan fingerprint density at radius 3 is 2.23 bits per heavy atom. The van der Waals surface area contributed by atoms with Gasteiger partial charge in [-0.15, -0.1) is 0 Å². The van der Waals surface area contributed by atoms with Gasteiger partial charge in [0.05, 0.1) is 24.2 Å². The van der Waals surface area contributed by atoms with E-state index in [0.29, 0.717) is 33.3 Å². The lowest BCUT2D eigenvalue weighted by molar-refractivity contribution is -0.118. The summed E-state index contributed by atoms with van der Waals surface area (Å²) in [4.78, 5) is 25.6. The van der Waals surface area contributed by atoms with Crippen LogP contribution in [0, 0.1) is 5.82 Å². The summed E-state index contributed by atoms with van der Waals surface area (Å²) in [6.07, 6.45) is 1.08. The summed E-state index contributed by atoms with van der Waals surface area (Å²) < 4.78 is 44.8. The van der Waals surface area contributed by atoms with Gasteiger partial charge in [0.2, 0.25) is 10.0 Å². The quantitative estimate of drug-likeness (QED) is 0.249. The molecular formula is C29H24ClFN2O5S. The number of hydrogen-bond acceptors (Lipinski definition) is 5. The van der Waals surface area contributed by atoms with Gasteiger partial charge in [-0.1, -0.05) is 54.1 Å². The molecule has 1 N–H and O–H groups in total. The van der Waals surface area contributed by atoms with Gasteiger partial charge in [-0.05, 0) is 60.2 Å². The lowest BCUT2D eigenvalue weighted by Crippen LogP contribution is -2.29. The van der Waals surface area contributed by atoms with E-state index in [1.165, 1.54) is 46.8 Å². The lowest BCUT2D eigenvalue weighted by Gasteiger charge is -2.23. The molecule has 0 fully saturated rings. The molecule has 0 spiro atoms. The van der Waals surface area contributed by atoms with Gasteiger partial charge in [-0.25, -0.2) is 12.8 Å². The summed E-state index contributed by atoms with van der Waals surface area (Å²) in [5.41, 5.74) is 1.99. The third-order valence-corrected chi connectivity index (χ3v) is 7.05. The number of amides is 1. The molecule has 0 aliphatic rings. The lowest BCUT2D eigenvalue weighted by atomic mass is 10.0. The summed E-state index contributed by atoms with van der Waals surface area (Å²) in [6, 6.07) is 25.0. The number of carbonyl (C=O) groups is 2. The summed E-state index contributed by atoms with van der Waals surface area (Å²) in [5.74, 6) is -0.871. The molecule has 0 saturated carbocycles. The molecule has 4 rings (SSSR count). The van der Waals surface area contributed by atoms with Gasteiger partial charge in [0.25, 0.3) is 5.91 Å². The maximum absolute atomic E-state index is 13.2. The first-order valence-electron chi connectivity index (χ1n) is 11.7. The molecular weight excluding hydrogens is 543 g/mol. The topological polar surface area (TPSA) is 92.8 Å². The van der Waals surface area contributed by atoms with Crippen LogP contribution < -0.4 is 14.4 Å². The predicted molar refractivity (Wildman–Crippen MR) is 149 cm³/mol. The third kappa shape index (κ3) is 7.43. The number of benzene rings is 4. The zero-order valence-corrected chi connectivity index (χ0v) is 22.4. The number of ether oxygens (including phenoxy) is 1. The number of carbonyl (C=O) groups excluding carboxylic acids is 2. The van der Waals surface area contributed by atoms with Crippen LogP contribution >= 0.6 is 11.6 Å². The number of nitrogens with zero attached hydrogens (tertiary/aromatic N) is 1. The fraction of sp³-hybridized carbons (Fsp3) is 0.103. The zero-order chi connectivity index (χ0) is 28.0. The van der Waals surface area contributed by atoms with E-state index in [4.69, 9.17) is 16.3 Å². The first kappa shape index (κ1) is 27.8. The molecule has 10 heteroatoms. The minimum absolute atomic E-state index is 0.0207. The van der Waals surface area contributed by atoms with Crippen LogP contribution in [-0.4, -0.2) is 33.0 Å². The molecule has 7 nitrogen and oxygen atoms in total. The standard InChI is InChI=1S/C29H24ClFN2O5S/c1-39(36,37)33(18-20-7-10-23(31)11-8-20)24-12-14-25(15-13-24)38-19-28(34)32-27-16-9-22(30)17-26(27)29(35)21-5-3-2-4-6-21/h2-17H,18-19H2,1H3,(H,32,34). The fourth-order valence-electron chi connectivity index (χ4n) is 3.76. The number of anilines is 2. The Morgan fingerprint density at radius 1 is 0.923 bits per heavy atom. The van der Waals surface area contributed by atoms with Gasteiger partial charge in [0.1, 0.15) is 11.6 Å². The van der Waals surface area contributed by atoms with Gasteiger partial charge in [0, 0.05) is 16.1 Å². The number of nitrogens with one attached hydrogen (secondary N) is 1. The predicted octanol–water partition coefficient (Wildman–Crippen LogP) is 5.69. The monoisotopic (exact) mass is 566 g/mol. The average molecular weight is 567 g/mol. The van der Waals surface area contributed by atoms with Crippen molar-refractivity contribution < 1.29 is 27.1 Å². The van der Waals surface area contributed by atoms with Crippen molar-refractivity contribution in [2.24, 2.45) is 0 Å². The second kappa shape index (κ2) is 12.1. The highest BCUT2D eigenvalue weighted by atomic mass is 35.5. The Hall–Kier alpha value is -4.21. The zero-order valence-electron chi connectivity index (χ0n) is 20.8. The van der Waals surface area contributed by atoms with E-state index in [-0.39, 0.29) is 24.5 Å². The molecule has 0 aliphatic carbocycles. The van der Waals surface area contributed by atoms with Crippen LogP contribution in [0.4, 0.5) is 15.8 Å². The molecule has 200 valence electrons. The van der Waals surface area contributed by atoms with E-state index in [0.717, 1.165) is 6.26 Å². The van der Waals surface area contributed by atoms with Crippen LogP contribution in [0.15, 0.2) is 97.1 Å². The SMILES string of the molecule is CS(=O)(=O)N(Cc1ccc(F)cc1)c1ccc(OCC(=O)Nc2ccc(Cl)cc2C(=O)c2ccccc2)cc1. The van der Waals surface area contributed by atoms with Crippen LogP contribution in [0.2, 0.25) is 5.02 Å². The van der Waals surface area contributed by atoms with Crippen molar-refractivity contribution in [1.82, 2.24) is 0 Å². The Labute approximate surface area is 230 Å². The maximum Gasteiger partial charge on any atom is 0.262 e. The van der Waals surface area contributed by atoms with Crippen LogP contribution in [-0.2, 0) is 21.4 Å². The van der Waals surface area contributed by atoms with Crippen molar-refractivity contribution in [3.63, 3.8) is 0 Å². The molecule has 0 aromatic heterocycles. The molecule has 4 aromatic rings. The Bertz CT molecular complexity index is 1580. The van der Waals surface area contributed by atoms with E-state index in [1.807, 2.05) is 0 Å². The summed E-state index contributed by atoms with van der Waals surface area (Å²) in [6.45, 7) is -0.334. The smallest absolute Gasteiger partial charge is 0.262 e. The Balaban J connectivity index is 1.42. The van der Waals surface area contributed by atoms with Gasteiger partial charge < -0.3 is 10.1 Å². The molecule has 0 heterocycles. The van der Waals surface area contributed by atoms with Crippen molar-refractivity contribution in [2.75, 3.05) is 22.5 Å². The highest BCUT2D eigenvalue weighted by Crippen LogP contribution is 2.25. The van der Waals surface area contributed by atoms with Crippen molar-refractivity contribution in [1.29, 1.82) is 0 Å². The number of hydrogen-bond donors (Lipinski definition) is 1. The van der Waals surface area contributed by atoms with Crippen molar-refractivity contribution in [2.45, 2.75) is 6.54 Å². The average Bonchev–Trinajstić information content (AvgIpc) is 2.92. The van der Waals surface area contributed by atoms with E-state index in [1.54, 1.807) is 54.6 Å². The molecule has 1 amide bonds. The molecule has 0 bridgehead atoms. The van der Waals surface area contributed by atoms with Gasteiger partial charge in [-0.3, -0.25) is 13.9 Å². The van der Waals surface area contributed by atoms with Crippen molar-refractivity contribution in [3.05, 3.63) is 125 Å². The fourth-order valence-corrected chi connectivity index (χ4v) is 4.82. The first-order chi connectivity index (χ1) is 18.6. The molecule has 0 saturated heterocycles. The Kier molecular flexibility index (Phi) is 8.63. The number of sulfonamides is 1. The molecule has 0 atom stereocenters. The van der Waals surface area contributed by atoms with E-state index in [9.17, 15) is 22.4 Å². The van der Waals surface area contributed by atoms with Crippen LogP contribution in [0.3, 0.4) is 0 Å². The first-order valence-corrected chi connectivity index (χ1v) is 14.0. The molecule has 39 heavy (non-hydrogen) atoms. The second-order valence-corrected chi connectivity index (χ2v) is 11.0. The molecule has 0 aliphatic heterocycles. The molecule has 0 unspecified atom stereocenters.